The van der Waals surface area contributed by atoms with Gasteiger partial charge >= 0.3 is 17.9 Å². The van der Waals surface area contributed by atoms with Gasteiger partial charge in [0, 0.05) is 19.3 Å². The maximum atomic E-state index is 12.9. The molecule has 0 saturated heterocycles. The van der Waals surface area contributed by atoms with Gasteiger partial charge in [-0.15, -0.1) is 0 Å². The van der Waals surface area contributed by atoms with Crippen molar-refractivity contribution in [2.24, 2.45) is 0 Å². The minimum absolute atomic E-state index is 0.0734. The minimum Gasteiger partial charge on any atom is -0.462 e. The second-order valence-corrected chi connectivity index (χ2v) is 22.4. The Labute approximate surface area is 467 Å². The molecule has 1 atom stereocenters. The van der Waals surface area contributed by atoms with Crippen molar-refractivity contribution >= 4 is 17.9 Å². The molecule has 0 saturated carbocycles. The van der Waals surface area contributed by atoms with E-state index in [0.717, 1.165) is 89.9 Å². The Morgan fingerprint density at radius 2 is 0.507 bits per heavy atom. The van der Waals surface area contributed by atoms with Crippen LogP contribution in [0.3, 0.4) is 0 Å². The highest BCUT2D eigenvalue weighted by Crippen LogP contribution is 2.18. The van der Waals surface area contributed by atoms with Gasteiger partial charge in [-0.05, 0) is 77.0 Å². The maximum Gasteiger partial charge on any atom is 0.306 e. The summed E-state index contributed by atoms with van der Waals surface area (Å²) in [7, 11) is 0. The predicted octanol–water partition coefficient (Wildman–Crippen LogP) is 22.6. The van der Waals surface area contributed by atoms with Gasteiger partial charge in [-0.2, -0.15) is 0 Å². The lowest BCUT2D eigenvalue weighted by Gasteiger charge is -2.18. The molecule has 0 bridgehead atoms. The Bertz CT molecular complexity index is 1300. The van der Waals surface area contributed by atoms with Crippen LogP contribution in [0.15, 0.2) is 48.6 Å². The van der Waals surface area contributed by atoms with Gasteiger partial charge in [0.25, 0.3) is 0 Å². The van der Waals surface area contributed by atoms with Crippen molar-refractivity contribution in [1.82, 2.24) is 0 Å². The van der Waals surface area contributed by atoms with Crippen molar-refractivity contribution in [3.63, 3.8) is 0 Å². The zero-order valence-corrected chi connectivity index (χ0v) is 50.3. The van der Waals surface area contributed by atoms with Gasteiger partial charge in [0.05, 0.1) is 0 Å². The fourth-order valence-electron chi connectivity index (χ4n) is 9.81. The van der Waals surface area contributed by atoms with E-state index in [1.807, 2.05) is 0 Å². The molecule has 0 fully saturated rings. The molecule has 0 radical (unpaired) electrons. The molecule has 75 heavy (non-hydrogen) atoms. The Morgan fingerprint density at radius 1 is 0.267 bits per heavy atom. The summed E-state index contributed by atoms with van der Waals surface area (Å²) in [5.41, 5.74) is 0. The monoisotopic (exact) mass is 1050 g/mol. The van der Waals surface area contributed by atoms with Crippen LogP contribution in [0, 0.1) is 0 Å². The standard InChI is InChI=1S/C69H126O6/c1-4-7-10-13-16-19-22-25-27-29-30-31-32-33-34-35-36-37-38-40-41-44-47-50-53-56-59-62-68(71)74-65-66(64-73-67(70)61-58-55-52-49-46-43-24-21-18-15-12-9-6-3)75-69(72)63-60-57-54-51-48-45-42-39-28-26-23-20-17-14-11-8-5-2/h12,15,21-22,24-25,29-30,66H,4-11,13-14,16-20,23,26-28,31-65H2,1-3H3/b15-12-,24-21-,25-22-,30-29-. The fraction of sp³-hybridized carbons (Fsp3) is 0.841. The second kappa shape index (κ2) is 63.9. The van der Waals surface area contributed by atoms with Gasteiger partial charge in [-0.25, -0.2) is 0 Å². The fourth-order valence-corrected chi connectivity index (χ4v) is 9.81. The van der Waals surface area contributed by atoms with Crippen LogP contribution in [-0.4, -0.2) is 37.2 Å². The summed E-state index contributed by atoms with van der Waals surface area (Å²) in [6, 6.07) is 0. The first kappa shape index (κ1) is 72.4. The predicted molar refractivity (Wildman–Crippen MR) is 325 cm³/mol. The zero-order valence-electron chi connectivity index (χ0n) is 50.3. The van der Waals surface area contributed by atoms with Crippen LogP contribution in [0.4, 0.5) is 0 Å². The Morgan fingerprint density at radius 3 is 0.787 bits per heavy atom. The number of unbranched alkanes of at least 4 members (excludes halogenated alkanes) is 42. The van der Waals surface area contributed by atoms with Gasteiger partial charge in [-0.3, -0.25) is 14.4 Å². The third kappa shape index (κ3) is 62.1. The molecule has 0 rings (SSSR count). The molecule has 0 aliphatic rings. The molecule has 0 aromatic carbocycles. The number of rotatable bonds is 61. The van der Waals surface area contributed by atoms with E-state index in [4.69, 9.17) is 14.2 Å². The molecular formula is C69H126O6. The smallest absolute Gasteiger partial charge is 0.306 e. The van der Waals surface area contributed by atoms with Gasteiger partial charge < -0.3 is 14.2 Å². The van der Waals surface area contributed by atoms with E-state index in [0.29, 0.717) is 19.3 Å². The van der Waals surface area contributed by atoms with Crippen LogP contribution in [0.2, 0.25) is 0 Å². The van der Waals surface area contributed by atoms with Gasteiger partial charge in [-0.1, -0.05) is 307 Å². The molecular weight excluding hydrogens is 925 g/mol. The summed E-state index contributed by atoms with van der Waals surface area (Å²) < 4.78 is 16.9. The van der Waals surface area contributed by atoms with Crippen molar-refractivity contribution in [2.45, 2.75) is 361 Å². The molecule has 0 amide bonds. The molecule has 6 nitrogen and oxygen atoms in total. The largest absolute Gasteiger partial charge is 0.462 e. The highest BCUT2D eigenvalue weighted by molar-refractivity contribution is 5.71. The highest BCUT2D eigenvalue weighted by atomic mass is 16.6. The second-order valence-electron chi connectivity index (χ2n) is 22.4. The topological polar surface area (TPSA) is 78.9 Å². The summed E-state index contributed by atoms with van der Waals surface area (Å²) in [5, 5.41) is 0. The van der Waals surface area contributed by atoms with E-state index in [9.17, 15) is 14.4 Å². The normalized spacial score (nSPS) is 12.3. The quantitative estimate of drug-likeness (QED) is 0.0261. The molecule has 0 aliphatic carbocycles. The van der Waals surface area contributed by atoms with Crippen LogP contribution >= 0.6 is 0 Å². The van der Waals surface area contributed by atoms with E-state index < -0.39 is 6.10 Å². The number of esters is 3. The summed E-state index contributed by atoms with van der Waals surface area (Å²) in [6.45, 7) is 6.61. The SMILES string of the molecule is CCC/C=C\C/C=C\CCCCCCCC(=O)OCC(COC(=O)CCCCCCCCCCCCCCCCC/C=C\C/C=C\CCCCCCC)OC(=O)CCCCCCCCCCCCCCCCCCC. The molecule has 0 heterocycles. The number of hydrogen-bond donors (Lipinski definition) is 0. The first-order valence-electron chi connectivity index (χ1n) is 33.1. The lowest BCUT2D eigenvalue weighted by molar-refractivity contribution is -0.167. The average Bonchev–Trinajstić information content (AvgIpc) is 3.41. The third-order valence-electron chi connectivity index (χ3n) is 14.8. The molecule has 0 aliphatic heterocycles. The van der Waals surface area contributed by atoms with E-state index >= 15 is 0 Å². The number of carbonyl (C=O) groups excluding carboxylic acids is 3. The Hall–Kier alpha value is -2.63. The van der Waals surface area contributed by atoms with Crippen molar-refractivity contribution in [1.29, 1.82) is 0 Å². The maximum absolute atomic E-state index is 12.9. The summed E-state index contributed by atoms with van der Waals surface area (Å²) in [5.74, 6) is -0.866. The Balaban J connectivity index is 4.22. The lowest BCUT2D eigenvalue weighted by Crippen LogP contribution is -2.30. The van der Waals surface area contributed by atoms with Crippen LogP contribution < -0.4 is 0 Å². The lowest BCUT2D eigenvalue weighted by atomic mass is 10.0. The summed E-state index contributed by atoms with van der Waals surface area (Å²) in [4.78, 5) is 38.3. The van der Waals surface area contributed by atoms with E-state index in [2.05, 4.69) is 69.4 Å². The first-order valence-corrected chi connectivity index (χ1v) is 33.1. The zero-order chi connectivity index (χ0) is 54.3. The van der Waals surface area contributed by atoms with E-state index in [1.165, 1.54) is 225 Å². The minimum atomic E-state index is -0.777. The molecule has 0 N–H and O–H groups in total. The molecule has 0 aromatic rings. The van der Waals surface area contributed by atoms with Gasteiger partial charge in [0.2, 0.25) is 0 Å². The number of hydrogen-bond acceptors (Lipinski definition) is 6. The molecule has 1 unspecified atom stereocenters. The van der Waals surface area contributed by atoms with Crippen LogP contribution in [0.25, 0.3) is 0 Å². The Kier molecular flexibility index (Phi) is 61.7. The number of allylic oxidation sites excluding steroid dienone is 8. The van der Waals surface area contributed by atoms with Crippen LogP contribution in [0.1, 0.15) is 355 Å². The average molecular weight is 1050 g/mol. The van der Waals surface area contributed by atoms with Crippen LogP contribution in [0.5, 0.6) is 0 Å². The third-order valence-corrected chi connectivity index (χ3v) is 14.8. The van der Waals surface area contributed by atoms with Crippen molar-refractivity contribution in [2.75, 3.05) is 13.2 Å². The first-order chi connectivity index (χ1) is 37.0. The van der Waals surface area contributed by atoms with Crippen molar-refractivity contribution < 1.29 is 28.6 Å². The number of carbonyl (C=O) groups is 3. The summed E-state index contributed by atoms with van der Waals surface area (Å²) >= 11 is 0. The van der Waals surface area contributed by atoms with Crippen molar-refractivity contribution in [3.05, 3.63) is 48.6 Å². The highest BCUT2D eigenvalue weighted by Gasteiger charge is 2.19. The summed E-state index contributed by atoms with van der Waals surface area (Å²) in [6.07, 6.45) is 79.9. The van der Waals surface area contributed by atoms with Gasteiger partial charge in [0.1, 0.15) is 13.2 Å². The molecule has 0 spiro atoms. The number of ether oxygens (including phenoxy) is 3. The molecule has 0 aromatic heterocycles. The van der Waals surface area contributed by atoms with E-state index in [1.54, 1.807) is 0 Å². The van der Waals surface area contributed by atoms with Crippen LogP contribution in [-0.2, 0) is 28.6 Å². The van der Waals surface area contributed by atoms with Crippen molar-refractivity contribution in [3.8, 4) is 0 Å². The molecule has 438 valence electrons. The molecule has 6 heteroatoms. The van der Waals surface area contributed by atoms with E-state index in [-0.39, 0.29) is 31.1 Å². The van der Waals surface area contributed by atoms with Gasteiger partial charge in [0.15, 0.2) is 6.10 Å².